The highest BCUT2D eigenvalue weighted by Crippen LogP contribution is 2.40. The van der Waals surface area contributed by atoms with Crippen LogP contribution in [0.25, 0.3) is 5.69 Å². The molecule has 1 aromatic carbocycles. The maximum absolute atomic E-state index is 11.9. The van der Waals surface area contributed by atoms with Gasteiger partial charge < -0.3 is 24.3 Å². The Kier molecular flexibility index (Phi) is 6.11. The van der Waals surface area contributed by atoms with Gasteiger partial charge >= 0.3 is 5.97 Å². The second-order valence-corrected chi connectivity index (χ2v) is 8.64. The Bertz CT molecular complexity index is 1130. The minimum Gasteiger partial charge on any atom is -0.465 e. The quantitative estimate of drug-likeness (QED) is 0.441. The maximum atomic E-state index is 11.9. The van der Waals surface area contributed by atoms with E-state index < -0.39 is 0 Å². The van der Waals surface area contributed by atoms with Crippen LogP contribution in [0.2, 0.25) is 0 Å². The zero-order valence-corrected chi connectivity index (χ0v) is 19.2. The van der Waals surface area contributed by atoms with Gasteiger partial charge in [-0.25, -0.2) is 4.79 Å². The van der Waals surface area contributed by atoms with Gasteiger partial charge in [-0.3, -0.25) is 4.98 Å². The van der Waals surface area contributed by atoms with E-state index in [-0.39, 0.29) is 24.2 Å². The third-order valence-electron chi connectivity index (χ3n) is 6.27. The Balaban J connectivity index is 1.53. The van der Waals surface area contributed by atoms with Crippen LogP contribution >= 0.6 is 12.2 Å². The Labute approximate surface area is 198 Å². The van der Waals surface area contributed by atoms with Gasteiger partial charge in [0.2, 0.25) is 0 Å². The number of carbonyl (C=O) groups excluding carboxylic acids is 1. The fraction of sp³-hybridized carbons (Fsp3) is 0.320. The number of esters is 1. The number of methoxy groups -OCH3 is 1. The molecule has 0 spiro atoms. The van der Waals surface area contributed by atoms with E-state index in [0.29, 0.717) is 10.7 Å². The number of carbonyl (C=O) groups is 1. The number of nitrogens with zero attached hydrogens (tertiary/aromatic N) is 3. The van der Waals surface area contributed by atoms with Crippen LogP contribution in [0.5, 0.6) is 0 Å². The van der Waals surface area contributed by atoms with Crippen LogP contribution in [-0.4, -0.2) is 51.9 Å². The first kappa shape index (κ1) is 21.6. The van der Waals surface area contributed by atoms with Crippen molar-refractivity contribution in [3.8, 4) is 5.69 Å². The van der Waals surface area contributed by atoms with Gasteiger partial charge in [0.1, 0.15) is 0 Å². The summed E-state index contributed by atoms with van der Waals surface area (Å²) >= 11 is 5.79. The molecule has 170 valence electrons. The highest BCUT2D eigenvalue weighted by atomic mass is 32.1. The molecule has 2 fully saturated rings. The fourth-order valence-corrected chi connectivity index (χ4v) is 4.99. The molecule has 1 N–H and O–H groups in total. The molecular weight excluding hydrogens is 436 g/mol. The van der Waals surface area contributed by atoms with Crippen LogP contribution in [0.4, 0.5) is 0 Å². The molecule has 2 aliphatic rings. The average Bonchev–Trinajstić information content (AvgIpc) is 3.61. The molecule has 2 saturated heterocycles. The van der Waals surface area contributed by atoms with Crippen molar-refractivity contribution in [2.45, 2.75) is 31.0 Å². The largest absolute Gasteiger partial charge is 0.465 e. The number of pyridine rings is 1. The predicted molar refractivity (Wildman–Crippen MR) is 128 cm³/mol. The lowest BCUT2D eigenvalue weighted by atomic mass is 10.0. The van der Waals surface area contributed by atoms with E-state index >= 15 is 0 Å². The van der Waals surface area contributed by atoms with Crippen LogP contribution < -0.4 is 5.32 Å². The smallest absolute Gasteiger partial charge is 0.337 e. The van der Waals surface area contributed by atoms with Crippen LogP contribution in [0.15, 0.2) is 67.0 Å². The maximum Gasteiger partial charge on any atom is 0.337 e. The first-order valence-corrected chi connectivity index (χ1v) is 11.5. The first-order chi connectivity index (χ1) is 16.2. The molecule has 0 aliphatic carbocycles. The molecule has 0 radical (unpaired) electrons. The van der Waals surface area contributed by atoms with Crippen LogP contribution in [0, 0.1) is 0 Å². The summed E-state index contributed by atoms with van der Waals surface area (Å²) in [6, 6.07) is 17.4. The molecule has 3 unspecified atom stereocenters. The van der Waals surface area contributed by atoms with Gasteiger partial charge in [-0.05, 0) is 73.6 Å². The lowest BCUT2D eigenvalue weighted by Crippen LogP contribution is -2.36. The van der Waals surface area contributed by atoms with Gasteiger partial charge in [-0.15, -0.1) is 0 Å². The summed E-state index contributed by atoms with van der Waals surface area (Å²) in [4.78, 5) is 18.7. The number of rotatable bonds is 6. The van der Waals surface area contributed by atoms with Gasteiger partial charge in [0, 0.05) is 36.9 Å². The monoisotopic (exact) mass is 462 g/mol. The number of ether oxygens (including phenoxy) is 2. The fourth-order valence-electron chi connectivity index (χ4n) is 4.68. The SMILES string of the molecule is COC(=O)c1ccc(-n2cccc2C2C(c3ccccn3)NC(=S)N2CC2CCCO2)cc1. The molecule has 5 rings (SSSR count). The molecule has 0 saturated carbocycles. The predicted octanol–water partition coefficient (Wildman–Crippen LogP) is 3.81. The third kappa shape index (κ3) is 4.24. The van der Waals surface area contributed by atoms with Crippen molar-refractivity contribution >= 4 is 23.3 Å². The summed E-state index contributed by atoms with van der Waals surface area (Å²) in [6.07, 6.45) is 6.12. The summed E-state index contributed by atoms with van der Waals surface area (Å²) in [6.45, 7) is 1.53. The van der Waals surface area contributed by atoms with E-state index in [2.05, 4.69) is 25.8 Å². The topological polar surface area (TPSA) is 68.6 Å². The van der Waals surface area contributed by atoms with E-state index in [1.165, 1.54) is 7.11 Å². The number of hydrogen-bond acceptors (Lipinski definition) is 5. The normalized spacial score (nSPS) is 22.4. The molecule has 33 heavy (non-hydrogen) atoms. The molecule has 3 aromatic rings. The second kappa shape index (κ2) is 9.33. The molecule has 0 bridgehead atoms. The van der Waals surface area contributed by atoms with Gasteiger partial charge in [0.05, 0.1) is 36.6 Å². The van der Waals surface area contributed by atoms with Crippen LogP contribution in [0.3, 0.4) is 0 Å². The Morgan fingerprint density at radius 3 is 2.76 bits per heavy atom. The second-order valence-electron chi connectivity index (χ2n) is 8.26. The number of hydrogen-bond donors (Lipinski definition) is 1. The van der Waals surface area contributed by atoms with Crippen molar-refractivity contribution in [3.63, 3.8) is 0 Å². The molecule has 2 aliphatic heterocycles. The van der Waals surface area contributed by atoms with Crippen molar-refractivity contribution in [3.05, 3.63) is 83.9 Å². The number of nitrogens with one attached hydrogen (secondary N) is 1. The average molecular weight is 463 g/mol. The van der Waals surface area contributed by atoms with Crippen molar-refractivity contribution in [1.82, 2.24) is 19.8 Å². The molecule has 4 heterocycles. The van der Waals surface area contributed by atoms with Crippen LogP contribution in [-0.2, 0) is 9.47 Å². The number of benzene rings is 1. The Hall–Kier alpha value is -3.23. The third-order valence-corrected chi connectivity index (χ3v) is 6.62. The number of aromatic nitrogens is 2. The van der Waals surface area contributed by atoms with E-state index in [1.54, 1.807) is 12.1 Å². The Morgan fingerprint density at radius 2 is 2.06 bits per heavy atom. The molecule has 2 aromatic heterocycles. The van der Waals surface area contributed by atoms with Crippen molar-refractivity contribution < 1.29 is 14.3 Å². The van der Waals surface area contributed by atoms with Crippen molar-refractivity contribution in [1.29, 1.82) is 0 Å². The molecule has 0 amide bonds. The minimum atomic E-state index is -0.349. The van der Waals surface area contributed by atoms with Crippen molar-refractivity contribution in [2.24, 2.45) is 0 Å². The molecule has 8 heteroatoms. The molecule has 3 atom stereocenters. The summed E-state index contributed by atoms with van der Waals surface area (Å²) < 4.78 is 12.9. The summed E-state index contributed by atoms with van der Waals surface area (Å²) in [5.74, 6) is -0.349. The van der Waals surface area contributed by atoms with E-state index in [1.807, 2.05) is 48.8 Å². The lowest BCUT2D eigenvalue weighted by molar-refractivity contribution is 0.0600. The highest BCUT2D eigenvalue weighted by Gasteiger charge is 2.42. The van der Waals surface area contributed by atoms with E-state index in [9.17, 15) is 4.79 Å². The van der Waals surface area contributed by atoms with Gasteiger partial charge in [-0.1, -0.05) is 6.07 Å². The molecular formula is C25H26N4O3S. The van der Waals surface area contributed by atoms with Crippen molar-refractivity contribution in [2.75, 3.05) is 20.3 Å². The molecule has 7 nitrogen and oxygen atoms in total. The van der Waals surface area contributed by atoms with Gasteiger partial charge in [0.15, 0.2) is 5.11 Å². The summed E-state index contributed by atoms with van der Waals surface area (Å²) in [5.41, 5.74) is 3.50. The van der Waals surface area contributed by atoms with Crippen LogP contribution in [0.1, 0.15) is 46.7 Å². The summed E-state index contributed by atoms with van der Waals surface area (Å²) in [7, 11) is 1.39. The summed E-state index contributed by atoms with van der Waals surface area (Å²) in [5, 5.41) is 4.22. The minimum absolute atomic E-state index is 0.0631. The van der Waals surface area contributed by atoms with Gasteiger partial charge in [0.25, 0.3) is 0 Å². The zero-order valence-electron chi connectivity index (χ0n) is 18.4. The van der Waals surface area contributed by atoms with E-state index in [0.717, 1.165) is 43.1 Å². The standard InChI is InChI=1S/C25H26N4O3S/c1-31-24(30)17-9-11-18(12-10-17)28-14-4-8-21(28)23-22(20-7-2-3-13-26-20)27-25(33)29(23)16-19-6-5-15-32-19/h2-4,7-14,19,22-23H,5-6,15-16H2,1H3,(H,27,33). The van der Waals surface area contributed by atoms with Gasteiger partial charge in [-0.2, -0.15) is 0 Å². The Morgan fingerprint density at radius 1 is 1.21 bits per heavy atom. The number of thiocarbonyl (C=S) groups is 1. The highest BCUT2D eigenvalue weighted by molar-refractivity contribution is 7.80. The van der Waals surface area contributed by atoms with E-state index in [4.69, 9.17) is 21.7 Å². The lowest BCUT2D eigenvalue weighted by Gasteiger charge is -2.30. The first-order valence-electron chi connectivity index (χ1n) is 11.1. The zero-order chi connectivity index (χ0) is 22.8.